The molecule has 1 amide bonds. The summed E-state index contributed by atoms with van der Waals surface area (Å²) in [6, 6.07) is 3.75. The predicted molar refractivity (Wildman–Crippen MR) is 73.7 cm³/mol. The summed E-state index contributed by atoms with van der Waals surface area (Å²) in [5.41, 5.74) is 0.573. The lowest BCUT2D eigenvalue weighted by molar-refractivity contribution is 0.0677. The molecular weight excluding hydrogens is 256 g/mol. The SMILES string of the molecule is Cn1ncc(C(=O)N2CCC[C@@H]2CO)c1-n1cccc1. The van der Waals surface area contributed by atoms with Crippen LogP contribution in [0.2, 0.25) is 0 Å². The van der Waals surface area contributed by atoms with Gasteiger partial charge < -0.3 is 14.6 Å². The molecule has 20 heavy (non-hydrogen) atoms. The molecule has 1 aliphatic heterocycles. The molecule has 0 aromatic carbocycles. The Morgan fingerprint density at radius 2 is 2.20 bits per heavy atom. The van der Waals surface area contributed by atoms with Gasteiger partial charge in [0.15, 0.2) is 0 Å². The molecule has 0 aliphatic carbocycles. The van der Waals surface area contributed by atoms with E-state index in [-0.39, 0.29) is 18.6 Å². The van der Waals surface area contributed by atoms with Crippen molar-refractivity contribution in [2.24, 2.45) is 7.05 Å². The van der Waals surface area contributed by atoms with Gasteiger partial charge in [0, 0.05) is 26.0 Å². The van der Waals surface area contributed by atoms with Crippen molar-refractivity contribution < 1.29 is 9.90 Å². The summed E-state index contributed by atoms with van der Waals surface area (Å²) in [7, 11) is 1.82. The second-order valence-corrected chi connectivity index (χ2v) is 5.07. The van der Waals surface area contributed by atoms with Crippen molar-refractivity contribution in [3.8, 4) is 5.82 Å². The second kappa shape index (κ2) is 5.13. The number of carbonyl (C=O) groups is 1. The summed E-state index contributed by atoms with van der Waals surface area (Å²) in [6.45, 7) is 0.717. The molecule has 3 heterocycles. The van der Waals surface area contributed by atoms with Crippen molar-refractivity contribution in [3.05, 3.63) is 36.3 Å². The van der Waals surface area contributed by atoms with E-state index in [2.05, 4.69) is 5.10 Å². The molecule has 106 valence electrons. The van der Waals surface area contributed by atoms with Crippen LogP contribution in [0.25, 0.3) is 5.82 Å². The Balaban J connectivity index is 1.97. The van der Waals surface area contributed by atoms with Gasteiger partial charge in [-0.1, -0.05) is 0 Å². The third kappa shape index (κ3) is 2.02. The van der Waals surface area contributed by atoms with Gasteiger partial charge in [0.1, 0.15) is 11.4 Å². The van der Waals surface area contributed by atoms with Crippen molar-refractivity contribution >= 4 is 5.91 Å². The van der Waals surface area contributed by atoms with Crippen LogP contribution in [-0.4, -0.2) is 49.5 Å². The predicted octanol–water partition coefficient (Wildman–Crippen LogP) is 0.808. The maximum absolute atomic E-state index is 12.7. The maximum atomic E-state index is 12.7. The number of aromatic nitrogens is 3. The number of aryl methyl sites for hydroxylation is 1. The smallest absolute Gasteiger partial charge is 0.259 e. The second-order valence-electron chi connectivity index (χ2n) is 5.07. The number of nitrogens with zero attached hydrogens (tertiary/aromatic N) is 4. The summed E-state index contributed by atoms with van der Waals surface area (Å²) in [4.78, 5) is 14.4. The van der Waals surface area contributed by atoms with Gasteiger partial charge in [-0.05, 0) is 25.0 Å². The van der Waals surface area contributed by atoms with Gasteiger partial charge in [-0.2, -0.15) is 5.10 Å². The summed E-state index contributed by atoms with van der Waals surface area (Å²) < 4.78 is 3.57. The van der Waals surface area contributed by atoms with Gasteiger partial charge in [-0.25, -0.2) is 0 Å². The molecule has 3 rings (SSSR count). The minimum absolute atomic E-state index is 0.0187. The Bertz CT molecular complexity index is 603. The van der Waals surface area contributed by atoms with E-state index < -0.39 is 0 Å². The van der Waals surface area contributed by atoms with Crippen LogP contribution in [0, 0.1) is 0 Å². The molecule has 0 unspecified atom stereocenters. The largest absolute Gasteiger partial charge is 0.394 e. The topological polar surface area (TPSA) is 63.3 Å². The van der Waals surface area contributed by atoms with E-state index in [0.717, 1.165) is 18.7 Å². The third-order valence-electron chi connectivity index (χ3n) is 3.84. The molecule has 0 spiro atoms. The van der Waals surface area contributed by atoms with E-state index in [1.807, 2.05) is 36.1 Å². The molecular formula is C14H18N4O2. The first-order valence-corrected chi connectivity index (χ1v) is 6.79. The van der Waals surface area contributed by atoms with Gasteiger partial charge in [0.2, 0.25) is 0 Å². The van der Waals surface area contributed by atoms with Crippen molar-refractivity contribution in [3.63, 3.8) is 0 Å². The Labute approximate surface area is 117 Å². The first kappa shape index (κ1) is 12.9. The van der Waals surface area contributed by atoms with E-state index in [1.54, 1.807) is 15.8 Å². The average Bonchev–Trinajstić information content (AvgIpc) is 3.17. The monoisotopic (exact) mass is 274 g/mol. The zero-order valence-electron chi connectivity index (χ0n) is 11.4. The van der Waals surface area contributed by atoms with Gasteiger partial charge in [-0.3, -0.25) is 9.48 Å². The first-order chi connectivity index (χ1) is 9.72. The fourth-order valence-corrected chi connectivity index (χ4v) is 2.81. The van der Waals surface area contributed by atoms with Gasteiger partial charge in [-0.15, -0.1) is 0 Å². The van der Waals surface area contributed by atoms with Gasteiger partial charge in [0.25, 0.3) is 5.91 Å². The van der Waals surface area contributed by atoms with Crippen LogP contribution in [0.4, 0.5) is 0 Å². The first-order valence-electron chi connectivity index (χ1n) is 6.79. The molecule has 1 atom stereocenters. The third-order valence-corrected chi connectivity index (χ3v) is 3.84. The standard InChI is InChI=1S/C14H18N4O2/c1-16-13(17-6-2-3-7-17)12(9-15-16)14(20)18-8-4-5-11(18)10-19/h2-3,6-7,9,11,19H,4-5,8,10H2,1H3/t11-/m1/s1. The number of rotatable bonds is 3. The van der Waals surface area contributed by atoms with E-state index in [4.69, 9.17) is 0 Å². The lowest BCUT2D eigenvalue weighted by Crippen LogP contribution is -2.37. The molecule has 1 fully saturated rings. The van der Waals surface area contributed by atoms with Crippen molar-refractivity contribution in [2.45, 2.75) is 18.9 Å². The average molecular weight is 274 g/mol. The number of hydrogen-bond donors (Lipinski definition) is 1. The summed E-state index contributed by atoms with van der Waals surface area (Å²) in [5, 5.41) is 13.6. The molecule has 1 saturated heterocycles. The van der Waals surface area contributed by atoms with Crippen LogP contribution in [0.3, 0.4) is 0 Å². The van der Waals surface area contributed by atoms with E-state index in [1.165, 1.54) is 0 Å². The van der Waals surface area contributed by atoms with Crippen molar-refractivity contribution in [1.82, 2.24) is 19.2 Å². The number of aliphatic hydroxyl groups is 1. The minimum atomic E-state index is -0.0692. The molecule has 0 saturated carbocycles. The maximum Gasteiger partial charge on any atom is 0.259 e. The zero-order chi connectivity index (χ0) is 14.1. The highest BCUT2D eigenvalue weighted by Gasteiger charge is 2.31. The van der Waals surface area contributed by atoms with Crippen LogP contribution in [0.1, 0.15) is 23.2 Å². The Morgan fingerprint density at radius 1 is 1.45 bits per heavy atom. The molecule has 1 N–H and O–H groups in total. The van der Waals surface area contributed by atoms with Crippen LogP contribution in [-0.2, 0) is 7.05 Å². The summed E-state index contributed by atoms with van der Waals surface area (Å²) >= 11 is 0. The summed E-state index contributed by atoms with van der Waals surface area (Å²) in [5.74, 6) is 0.696. The lowest BCUT2D eigenvalue weighted by Gasteiger charge is -2.23. The van der Waals surface area contributed by atoms with Crippen LogP contribution in [0.5, 0.6) is 0 Å². The normalized spacial score (nSPS) is 18.7. The Hall–Kier alpha value is -2.08. The molecule has 6 heteroatoms. The van der Waals surface area contributed by atoms with Crippen molar-refractivity contribution in [1.29, 1.82) is 0 Å². The molecule has 2 aromatic rings. The fourth-order valence-electron chi connectivity index (χ4n) is 2.81. The Kier molecular flexibility index (Phi) is 3.31. The number of carbonyl (C=O) groups excluding carboxylic acids is 1. The van der Waals surface area contributed by atoms with Crippen LogP contribution < -0.4 is 0 Å². The molecule has 2 aromatic heterocycles. The summed E-state index contributed by atoms with van der Waals surface area (Å²) in [6.07, 6.45) is 7.18. The molecule has 1 aliphatic rings. The minimum Gasteiger partial charge on any atom is -0.394 e. The number of aliphatic hydroxyl groups excluding tert-OH is 1. The quantitative estimate of drug-likeness (QED) is 0.901. The van der Waals surface area contributed by atoms with Crippen molar-refractivity contribution in [2.75, 3.05) is 13.2 Å². The molecule has 6 nitrogen and oxygen atoms in total. The highest BCUT2D eigenvalue weighted by atomic mass is 16.3. The van der Waals surface area contributed by atoms with Crippen LogP contribution >= 0.6 is 0 Å². The van der Waals surface area contributed by atoms with E-state index in [0.29, 0.717) is 12.1 Å². The van der Waals surface area contributed by atoms with Gasteiger partial charge in [0.05, 0.1) is 18.8 Å². The highest BCUT2D eigenvalue weighted by molar-refractivity contribution is 5.97. The fraction of sp³-hybridized carbons (Fsp3) is 0.429. The number of amides is 1. The van der Waals surface area contributed by atoms with E-state index in [9.17, 15) is 9.90 Å². The number of hydrogen-bond acceptors (Lipinski definition) is 3. The molecule has 0 radical (unpaired) electrons. The van der Waals surface area contributed by atoms with Crippen LogP contribution in [0.15, 0.2) is 30.7 Å². The van der Waals surface area contributed by atoms with Gasteiger partial charge >= 0.3 is 0 Å². The number of likely N-dealkylation sites (tertiary alicyclic amines) is 1. The highest BCUT2D eigenvalue weighted by Crippen LogP contribution is 2.22. The van der Waals surface area contributed by atoms with E-state index >= 15 is 0 Å². The lowest BCUT2D eigenvalue weighted by atomic mass is 10.2. The molecule has 0 bridgehead atoms. The zero-order valence-corrected chi connectivity index (χ0v) is 11.4. The Morgan fingerprint density at radius 3 is 2.90 bits per heavy atom.